The molecule has 0 saturated carbocycles. The number of H-pyrrole nitrogens is 1. The Morgan fingerprint density at radius 3 is 2.22 bits per heavy atom. The molecular weight excluding hydrogens is 378 g/mol. The Morgan fingerprint density at radius 2 is 1.74 bits per heavy atom. The molecule has 1 atom stereocenters. The van der Waals surface area contributed by atoms with Crippen LogP contribution < -0.4 is 0 Å². The predicted molar refractivity (Wildman–Crippen MR) is 80.5 cm³/mol. The van der Waals surface area contributed by atoms with Gasteiger partial charge in [0.15, 0.2) is 0 Å². The zero-order chi connectivity index (χ0) is 17.3. The van der Waals surface area contributed by atoms with Gasteiger partial charge in [-0.3, -0.25) is 0 Å². The van der Waals surface area contributed by atoms with Crippen LogP contribution in [0.15, 0.2) is 30.5 Å². The summed E-state index contributed by atoms with van der Waals surface area (Å²) in [6.07, 6.45) is -4.87. The topological polar surface area (TPSA) is 61.8 Å². The zero-order valence-electron chi connectivity index (χ0n) is 11.4. The Balaban J connectivity index is 2.40. The molecule has 1 aromatic heterocycles. The largest absolute Gasteiger partial charge is 0.421 e. The number of aromatic amines is 1. The van der Waals surface area contributed by atoms with Gasteiger partial charge in [-0.15, -0.1) is 0 Å². The van der Waals surface area contributed by atoms with Crippen LogP contribution in [0.5, 0.6) is 0 Å². The monoisotopic (exact) mass is 387 g/mol. The number of rotatable bonds is 5. The van der Waals surface area contributed by atoms with Gasteiger partial charge in [-0.25, -0.2) is 0 Å². The average molecular weight is 389 g/mol. The van der Waals surface area contributed by atoms with Crippen molar-refractivity contribution in [1.82, 2.24) is 15.4 Å². The summed E-state index contributed by atoms with van der Waals surface area (Å²) in [5.41, 5.74) is -1.57. The lowest BCUT2D eigenvalue weighted by Crippen LogP contribution is -2.43. The quantitative estimate of drug-likeness (QED) is 0.761. The molecule has 1 heterocycles. The minimum absolute atomic E-state index is 0.180. The predicted octanol–water partition coefficient (Wildman–Crippen LogP) is 4.01. The molecule has 1 unspecified atom stereocenters. The summed E-state index contributed by atoms with van der Waals surface area (Å²) in [4.78, 5) is 0. The third-order valence-electron chi connectivity index (χ3n) is 3.25. The molecule has 0 saturated heterocycles. The molecule has 2 N–H and O–H groups in total. The molecule has 0 aliphatic heterocycles. The smallest absolute Gasteiger partial charge is 0.385 e. The van der Waals surface area contributed by atoms with Gasteiger partial charge in [0.05, 0.1) is 17.5 Å². The number of halogens is 6. The Morgan fingerprint density at radius 1 is 1.13 bits per heavy atom. The van der Waals surface area contributed by atoms with Crippen LogP contribution in [0.4, 0.5) is 13.2 Å². The maximum Gasteiger partial charge on any atom is 0.421 e. The summed E-state index contributed by atoms with van der Waals surface area (Å²) < 4.78 is 35.8. The van der Waals surface area contributed by atoms with Crippen molar-refractivity contribution < 1.29 is 18.3 Å². The van der Waals surface area contributed by atoms with E-state index in [1.165, 1.54) is 30.5 Å². The van der Waals surface area contributed by atoms with Crippen molar-refractivity contribution in [1.29, 1.82) is 0 Å². The average Bonchev–Trinajstić information content (AvgIpc) is 2.89. The highest BCUT2D eigenvalue weighted by molar-refractivity contribution is 6.49. The van der Waals surface area contributed by atoms with Crippen LogP contribution in [-0.2, 0) is 12.0 Å². The third-order valence-corrected chi connectivity index (χ3v) is 4.20. The minimum Gasteiger partial charge on any atom is -0.385 e. The van der Waals surface area contributed by atoms with E-state index in [0.717, 1.165) is 0 Å². The zero-order valence-corrected chi connectivity index (χ0v) is 13.7. The van der Waals surface area contributed by atoms with Crippen LogP contribution in [0.3, 0.4) is 0 Å². The molecule has 4 nitrogen and oxygen atoms in total. The highest BCUT2D eigenvalue weighted by atomic mass is 35.5. The van der Waals surface area contributed by atoms with Gasteiger partial charge >= 0.3 is 6.18 Å². The fraction of sp³-hybridized carbons (Fsp3) is 0.385. The Hall–Kier alpha value is -1.02. The maximum absolute atomic E-state index is 13.0. The van der Waals surface area contributed by atoms with E-state index in [1.807, 2.05) is 0 Å². The third kappa shape index (κ3) is 4.29. The molecule has 0 fully saturated rings. The van der Waals surface area contributed by atoms with Crippen LogP contribution in [0.25, 0.3) is 0 Å². The van der Waals surface area contributed by atoms with Crippen LogP contribution in [0, 0.1) is 0 Å². The molecule has 0 bridgehead atoms. The standard InChI is InChI=1S/C13H11Cl3F3N3O/c14-9-3-1-8(2-4-9)11(23,5-10-6-20-22-21-10)7-12(15,16)13(17,18)19/h1-4,6,23H,5,7H2,(H,20,21,22). The lowest BCUT2D eigenvalue weighted by atomic mass is 9.84. The summed E-state index contributed by atoms with van der Waals surface area (Å²) in [6.45, 7) is 0. The van der Waals surface area contributed by atoms with E-state index in [9.17, 15) is 18.3 Å². The highest BCUT2D eigenvalue weighted by Crippen LogP contribution is 2.48. The van der Waals surface area contributed by atoms with E-state index in [1.54, 1.807) is 0 Å². The molecule has 126 valence electrons. The van der Waals surface area contributed by atoms with Crippen molar-refractivity contribution in [2.75, 3.05) is 0 Å². The van der Waals surface area contributed by atoms with Gasteiger partial charge in [0, 0.05) is 17.9 Å². The minimum atomic E-state index is -4.92. The van der Waals surface area contributed by atoms with E-state index < -0.39 is 22.5 Å². The maximum atomic E-state index is 13.0. The van der Waals surface area contributed by atoms with Gasteiger partial charge in [-0.05, 0) is 17.7 Å². The van der Waals surface area contributed by atoms with E-state index in [-0.39, 0.29) is 17.7 Å². The summed E-state index contributed by atoms with van der Waals surface area (Å²) in [6, 6.07) is 5.70. The molecular formula is C13H11Cl3F3N3O. The molecule has 23 heavy (non-hydrogen) atoms. The lowest BCUT2D eigenvalue weighted by molar-refractivity contribution is -0.155. The number of aromatic nitrogens is 3. The van der Waals surface area contributed by atoms with E-state index in [0.29, 0.717) is 5.02 Å². The number of nitrogens with zero attached hydrogens (tertiary/aromatic N) is 2. The fourth-order valence-electron chi connectivity index (χ4n) is 2.10. The summed E-state index contributed by atoms with van der Waals surface area (Å²) >= 11 is 16.6. The second kappa shape index (κ2) is 6.47. The number of hydrogen-bond acceptors (Lipinski definition) is 3. The van der Waals surface area contributed by atoms with Crippen molar-refractivity contribution in [3.63, 3.8) is 0 Å². The fourth-order valence-corrected chi connectivity index (χ4v) is 2.67. The van der Waals surface area contributed by atoms with Gasteiger partial charge in [-0.1, -0.05) is 46.9 Å². The first-order valence-corrected chi connectivity index (χ1v) is 7.44. The molecule has 10 heteroatoms. The van der Waals surface area contributed by atoms with Crippen LogP contribution in [0.1, 0.15) is 17.7 Å². The Bertz CT molecular complexity index is 647. The van der Waals surface area contributed by atoms with E-state index in [4.69, 9.17) is 34.8 Å². The molecule has 0 amide bonds. The number of nitrogens with one attached hydrogen (secondary N) is 1. The molecule has 0 aliphatic carbocycles. The van der Waals surface area contributed by atoms with Crippen molar-refractivity contribution >= 4 is 34.8 Å². The second-order valence-corrected chi connectivity index (χ2v) is 6.98. The van der Waals surface area contributed by atoms with E-state index in [2.05, 4.69) is 15.4 Å². The molecule has 0 aliphatic rings. The summed E-state index contributed by atoms with van der Waals surface area (Å²) in [5, 5.41) is 20.9. The number of alkyl halides is 5. The van der Waals surface area contributed by atoms with Gasteiger partial charge in [0.25, 0.3) is 0 Å². The van der Waals surface area contributed by atoms with Crippen LogP contribution in [-0.4, -0.2) is 31.0 Å². The first-order valence-electron chi connectivity index (χ1n) is 6.31. The first kappa shape index (κ1) is 18.3. The summed E-state index contributed by atoms with van der Waals surface area (Å²) in [5.74, 6) is 0. The summed E-state index contributed by atoms with van der Waals surface area (Å²) in [7, 11) is 0. The SMILES string of the molecule is OC(Cc1cn[nH]n1)(CC(Cl)(Cl)C(F)(F)F)c1ccc(Cl)cc1. The van der Waals surface area contributed by atoms with Gasteiger partial charge in [0.2, 0.25) is 4.33 Å². The molecule has 2 rings (SSSR count). The van der Waals surface area contributed by atoms with Crippen molar-refractivity contribution in [3.05, 3.63) is 46.7 Å². The molecule has 0 spiro atoms. The number of aliphatic hydroxyl groups is 1. The molecule has 1 aromatic carbocycles. The first-order chi connectivity index (χ1) is 10.5. The lowest BCUT2D eigenvalue weighted by Gasteiger charge is -2.34. The molecule has 0 radical (unpaired) electrons. The molecule has 2 aromatic rings. The van der Waals surface area contributed by atoms with Crippen molar-refractivity contribution in [2.24, 2.45) is 0 Å². The van der Waals surface area contributed by atoms with Crippen LogP contribution >= 0.6 is 34.8 Å². The second-order valence-electron chi connectivity index (χ2n) is 5.06. The number of hydrogen-bond donors (Lipinski definition) is 2. The number of benzene rings is 1. The van der Waals surface area contributed by atoms with Gasteiger partial charge < -0.3 is 5.11 Å². The van der Waals surface area contributed by atoms with Gasteiger partial charge in [-0.2, -0.15) is 28.6 Å². The van der Waals surface area contributed by atoms with E-state index >= 15 is 0 Å². The Kier molecular flexibility index (Phi) is 5.15. The Labute approximate surface area is 144 Å². The normalized spacial score (nSPS) is 15.4. The van der Waals surface area contributed by atoms with Crippen LogP contribution in [0.2, 0.25) is 5.02 Å². The van der Waals surface area contributed by atoms with Crippen molar-refractivity contribution in [3.8, 4) is 0 Å². The van der Waals surface area contributed by atoms with Crippen molar-refractivity contribution in [2.45, 2.75) is 29.0 Å². The highest BCUT2D eigenvalue weighted by Gasteiger charge is 2.56. The van der Waals surface area contributed by atoms with Gasteiger partial charge in [0.1, 0.15) is 0 Å².